The predicted molar refractivity (Wildman–Crippen MR) is 106 cm³/mol. The maximum absolute atomic E-state index is 12.8. The van der Waals surface area contributed by atoms with E-state index in [-0.39, 0.29) is 16.7 Å². The summed E-state index contributed by atoms with van der Waals surface area (Å²) < 4.78 is 0. The molecule has 0 bridgehead atoms. The number of carbonyl (C=O) groups excluding carboxylic acids is 2. The van der Waals surface area contributed by atoms with Crippen molar-refractivity contribution in [2.24, 2.45) is 0 Å². The van der Waals surface area contributed by atoms with E-state index in [0.717, 1.165) is 23.2 Å². The Hall–Kier alpha value is -1.86. The van der Waals surface area contributed by atoms with Crippen LogP contribution >= 0.6 is 23.1 Å². The lowest BCUT2D eigenvalue weighted by Crippen LogP contribution is -2.48. The highest BCUT2D eigenvalue weighted by molar-refractivity contribution is 8.01. The van der Waals surface area contributed by atoms with Crippen molar-refractivity contribution < 1.29 is 9.59 Å². The number of aryl methyl sites for hydroxylation is 2. The number of hydrogen-bond acceptors (Lipinski definition) is 5. The Balaban J connectivity index is 1.52. The van der Waals surface area contributed by atoms with E-state index >= 15 is 0 Å². The molecule has 136 valence electrons. The normalized spacial score (nSPS) is 24.8. The predicted octanol–water partition coefficient (Wildman–Crippen LogP) is 3.82. The van der Waals surface area contributed by atoms with E-state index in [4.69, 9.17) is 0 Å². The Morgan fingerprint density at radius 1 is 1.38 bits per heavy atom. The molecule has 0 radical (unpaired) electrons. The average Bonchev–Trinajstić information content (AvgIpc) is 3.26. The molecular formula is C19H21N3O2S2. The molecule has 2 aromatic rings. The molecule has 0 aliphatic carbocycles. The van der Waals surface area contributed by atoms with Gasteiger partial charge in [-0.05, 0) is 38.8 Å². The lowest BCUT2D eigenvalue weighted by Gasteiger charge is -2.29. The maximum Gasteiger partial charge on any atom is 0.249 e. The minimum Gasteiger partial charge on any atom is -0.315 e. The number of fused-ring (bicyclic) bond motifs is 1. The Labute approximate surface area is 161 Å². The Bertz CT molecular complexity index is 895. The first-order chi connectivity index (χ1) is 12.4. The van der Waals surface area contributed by atoms with Crippen molar-refractivity contribution in [1.29, 1.82) is 0 Å². The van der Waals surface area contributed by atoms with Gasteiger partial charge in [-0.2, -0.15) is 0 Å². The molecule has 2 fully saturated rings. The van der Waals surface area contributed by atoms with Gasteiger partial charge in [-0.25, -0.2) is 4.98 Å². The van der Waals surface area contributed by atoms with Crippen LogP contribution in [0.2, 0.25) is 0 Å². The van der Waals surface area contributed by atoms with E-state index in [2.05, 4.69) is 49.3 Å². The van der Waals surface area contributed by atoms with Crippen molar-refractivity contribution in [3.8, 4) is 11.3 Å². The molecule has 7 heteroatoms. The molecule has 0 spiro atoms. The summed E-state index contributed by atoms with van der Waals surface area (Å²) >= 11 is 3.12. The molecule has 5 nitrogen and oxygen atoms in total. The van der Waals surface area contributed by atoms with Gasteiger partial charge < -0.3 is 10.2 Å². The van der Waals surface area contributed by atoms with Crippen molar-refractivity contribution in [2.75, 3.05) is 11.1 Å². The smallest absolute Gasteiger partial charge is 0.249 e. The van der Waals surface area contributed by atoms with E-state index in [1.807, 2.05) is 5.38 Å². The summed E-state index contributed by atoms with van der Waals surface area (Å²) in [6.45, 7) is 6.17. The average molecular weight is 388 g/mol. The van der Waals surface area contributed by atoms with Gasteiger partial charge in [0.05, 0.1) is 10.6 Å². The first-order valence-corrected chi connectivity index (χ1v) is 10.5. The van der Waals surface area contributed by atoms with Gasteiger partial charge in [0.1, 0.15) is 6.04 Å². The fraction of sp³-hybridized carbons (Fsp3) is 0.421. The topological polar surface area (TPSA) is 62.3 Å². The molecule has 2 saturated heterocycles. The summed E-state index contributed by atoms with van der Waals surface area (Å²) in [6, 6.07) is 5.86. The van der Waals surface area contributed by atoms with Gasteiger partial charge in [-0.15, -0.1) is 23.1 Å². The zero-order valence-corrected chi connectivity index (χ0v) is 16.7. The molecule has 2 atom stereocenters. The van der Waals surface area contributed by atoms with Crippen molar-refractivity contribution in [3.05, 3.63) is 34.7 Å². The quantitative estimate of drug-likeness (QED) is 0.870. The van der Waals surface area contributed by atoms with Gasteiger partial charge in [-0.1, -0.05) is 17.7 Å². The molecule has 1 aromatic carbocycles. The summed E-state index contributed by atoms with van der Waals surface area (Å²) in [6.07, 6.45) is 1.34. The van der Waals surface area contributed by atoms with E-state index in [0.29, 0.717) is 17.3 Å². The molecule has 0 saturated carbocycles. The Morgan fingerprint density at radius 3 is 3.00 bits per heavy atom. The molecular weight excluding hydrogens is 366 g/mol. The number of nitrogens with one attached hydrogen (secondary N) is 1. The maximum atomic E-state index is 12.8. The van der Waals surface area contributed by atoms with Crippen LogP contribution < -0.4 is 5.32 Å². The fourth-order valence-corrected chi connectivity index (χ4v) is 5.82. The molecule has 1 aromatic heterocycles. The van der Waals surface area contributed by atoms with Crippen molar-refractivity contribution in [3.63, 3.8) is 0 Å². The van der Waals surface area contributed by atoms with Crippen molar-refractivity contribution in [1.82, 2.24) is 9.88 Å². The minimum atomic E-state index is -0.409. The largest absolute Gasteiger partial charge is 0.315 e. The number of aromatic nitrogens is 1. The van der Waals surface area contributed by atoms with Crippen LogP contribution in [0.25, 0.3) is 11.3 Å². The second-order valence-electron chi connectivity index (χ2n) is 7.11. The highest BCUT2D eigenvalue weighted by Crippen LogP contribution is 2.47. The van der Waals surface area contributed by atoms with Crippen LogP contribution in [0, 0.1) is 13.8 Å². The third-order valence-electron chi connectivity index (χ3n) is 5.15. The third-order valence-corrected chi connectivity index (χ3v) is 7.41. The van der Waals surface area contributed by atoms with Crippen LogP contribution in [0.4, 0.5) is 5.13 Å². The molecule has 1 N–H and O–H groups in total. The highest BCUT2D eigenvalue weighted by atomic mass is 32.2. The van der Waals surface area contributed by atoms with Crippen LogP contribution in [-0.4, -0.2) is 38.4 Å². The summed E-state index contributed by atoms with van der Waals surface area (Å²) in [5.74, 6) is 0.578. The lowest BCUT2D eigenvalue weighted by atomic mass is 10.0. The number of benzene rings is 1. The first-order valence-electron chi connectivity index (χ1n) is 8.67. The first kappa shape index (κ1) is 17.5. The van der Waals surface area contributed by atoms with Crippen LogP contribution in [0.1, 0.15) is 30.9 Å². The molecule has 2 aliphatic rings. The standard InChI is InChI=1S/C19H21N3O2S2/c1-11-4-5-12(2)13(8-11)14-9-25-18(20-14)21-17(24)15-10-26-19(3)7-6-16(23)22(15)19/h4-5,8-9,15H,6-7,10H2,1-3H3,(H,20,21,24)/t15-,19+/m1/s1. The summed E-state index contributed by atoms with van der Waals surface area (Å²) in [5.41, 5.74) is 4.29. The number of nitrogens with zero attached hydrogens (tertiary/aromatic N) is 2. The van der Waals surface area contributed by atoms with Gasteiger partial charge in [0.15, 0.2) is 5.13 Å². The van der Waals surface area contributed by atoms with E-state index < -0.39 is 6.04 Å². The number of thiazole rings is 1. The summed E-state index contributed by atoms with van der Waals surface area (Å²) in [5, 5.41) is 5.46. The van der Waals surface area contributed by atoms with E-state index in [1.165, 1.54) is 16.9 Å². The Kier molecular flexibility index (Phi) is 4.31. The molecule has 2 aliphatic heterocycles. The van der Waals surface area contributed by atoms with Crippen molar-refractivity contribution >= 4 is 40.0 Å². The van der Waals surface area contributed by atoms with Crippen molar-refractivity contribution in [2.45, 2.75) is 44.5 Å². The van der Waals surface area contributed by atoms with Crippen LogP contribution in [0.5, 0.6) is 0 Å². The van der Waals surface area contributed by atoms with Gasteiger partial charge in [-0.3, -0.25) is 9.59 Å². The van der Waals surface area contributed by atoms with E-state index in [1.54, 1.807) is 16.7 Å². The van der Waals surface area contributed by atoms with Gasteiger partial charge >= 0.3 is 0 Å². The van der Waals surface area contributed by atoms with Gasteiger partial charge in [0, 0.05) is 23.1 Å². The lowest BCUT2D eigenvalue weighted by molar-refractivity contribution is -0.135. The summed E-state index contributed by atoms with van der Waals surface area (Å²) in [4.78, 5) is 31.1. The zero-order valence-electron chi connectivity index (χ0n) is 15.0. The van der Waals surface area contributed by atoms with Crippen LogP contribution in [0.15, 0.2) is 23.6 Å². The number of hydrogen-bond donors (Lipinski definition) is 1. The highest BCUT2D eigenvalue weighted by Gasteiger charge is 2.52. The second kappa shape index (κ2) is 6.39. The molecule has 3 heterocycles. The van der Waals surface area contributed by atoms with E-state index in [9.17, 15) is 9.59 Å². The number of rotatable bonds is 3. The Morgan fingerprint density at radius 2 is 2.19 bits per heavy atom. The summed E-state index contributed by atoms with van der Waals surface area (Å²) in [7, 11) is 0. The number of thioether (sulfide) groups is 1. The van der Waals surface area contributed by atoms with Gasteiger partial charge in [0.25, 0.3) is 0 Å². The number of anilines is 1. The third kappa shape index (κ3) is 2.93. The monoisotopic (exact) mass is 387 g/mol. The fourth-order valence-electron chi connectivity index (χ4n) is 3.67. The minimum absolute atomic E-state index is 0.0767. The zero-order chi connectivity index (χ0) is 18.5. The number of amides is 2. The van der Waals surface area contributed by atoms with Crippen LogP contribution in [-0.2, 0) is 9.59 Å². The van der Waals surface area contributed by atoms with Gasteiger partial charge in [0.2, 0.25) is 11.8 Å². The number of carbonyl (C=O) groups is 2. The molecule has 2 amide bonds. The molecule has 0 unspecified atom stereocenters. The SMILES string of the molecule is Cc1ccc(C)c(-c2csc(NC(=O)[C@H]3CS[C@@]4(C)CCC(=O)N34)n2)c1. The second-order valence-corrected chi connectivity index (χ2v) is 9.47. The van der Waals surface area contributed by atoms with Crippen LogP contribution in [0.3, 0.4) is 0 Å². The molecule has 4 rings (SSSR count). The molecule has 26 heavy (non-hydrogen) atoms.